The molecule has 7 nitrogen and oxygen atoms in total. The Morgan fingerprint density at radius 2 is 2.21 bits per heavy atom. The molecule has 0 atom stereocenters. The fraction of sp³-hybridized carbons (Fsp3) is 0.0909. The van der Waals surface area contributed by atoms with Crippen LogP contribution < -0.4 is 15.9 Å². The number of nitrogens with zero attached hydrogens (tertiary/aromatic N) is 3. The molecule has 0 fully saturated rings. The minimum absolute atomic E-state index is 0.218. The maximum atomic E-state index is 8.97. The minimum atomic E-state index is -0.477. The summed E-state index contributed by atoms with van der Waals surface area (Å²) in [6, 6.07) is 6.42. The lowest BCUT2D eigenvalue weighted by atomic mass is 10.2. The Hall–Kier alpha value is -2.77. The zero-order valence-electron chi connectivity index (χ0n) is 9.86. The van der Waals surface area contributed by atoms with Gasteiger partial charge in [-0.25, -0.2) is 0 Å². The summed E-state index contributed by atoms with van der Waals surface area (Å²) in [5, 5.41) is 28.7. The average molecular weight is 277 g/mol. The van der Waals surface area contributed by atoms with Gasteiger partial charge >= 0.3 is 0 Å². The van der Waals surface area contributed by atoms with Gasteiger partial charge in [-0.1, -0.05) is 11.6 Å². The second-order valence-electron chi connectivity index (χ2n) is 3.24. The maximum absolute atomic E-state index is 8.97. The number of nitrogens with two attached hydrogens (primary N) is 1. The third-order valence-corrected chi connectivity index (χ3v) is 2.36. The maximum Gasteiger partial charge on any atom is 0.201 e. The van der Waals surface area contributed by atoms with Crippen LogP contribution in [0.5, 0.6) is 5.75 Å². The molecule has 0 spiro atoms. The zero-order valence-corrected chi connectivity index (χ0v) is 10.6. The molecule has 0 saturated carbocycles. The molecule has 96 valence electrons. The first-order valence-electron chi connectivity index (χ1n) is 4.89. The van der Waals surface area contributed by atoms with Crippen molar-refractivity contribution in [1.29, 1.82) is 15.9 Å². The van der Waals surface area contributed by atoms with E-state index in [-0.39, 0.29) is 22.0 Å². The van der Waals surface area contributed by atoms with Crippen LogP contribution in [0.4, 0.5) is 5.69 Å². The fourth-order valence-electron chi connectivity index (χ4n) is 1.16. The summed E-state index contributed by atoms with van der Waals surface area (Å²) in [6.45, 7) is 0. The van der Waals surface area contributed by atoms with Crippen LogP contribution in [0.15, 0.2) is 17.2 Å². The van der Waals surface area contributed by atoms with Crippen LogP contribution in [0.1, 0.15) is 5.56 Å². The highest BCUT2D eigenvalue weighted by Crippen LogP contribution is 2.30. The van der Waals surface area contributed by atoms with Gasteiger partial charge in [-0.2, -0.15) is 15.6 Å². The summed E-state index contributed by atoms with van der Waals surface area (Å²) in [7, 11) is 1.43. The van der Waals surface area contributed by atoms with Crippen molar-refractivity contribution in [1.82, 2.24) is 0 Å². The molecule has 0 aromatic heterocycles. The standard InChI is InChI=1S/C11H9ClN6O/c1-19-10-3-8(6(4-13)2-7(10)12)17-18-9(5-14)11(15)16/h2-3,17H,1H3,(H3,15,16)/b18-9+. The molecule has 0 aliphatic heterocycles. The summed E-state index contributed by atoms with van der Waals surface area (Å²) < 4.78 is 5.00. The minimum Gasteiger partial charge on any atom is -0.495 e. The second-order valence-corrected chi connectivity index (χ2v) is 3.65. The Labute approximate surface area is 114 Å². The number of halogens is 1. The van der Waals surface area contributed by atoms with Gasteiger partial charge in [0.2, 0.25) is 5.71 Å². The van der Waals surface area contributed by atoms with Crippen LogP contribution in [0, 0.1) is 28.1 Å². The van der Waals surface area contributed by atoms with Crippen LogP contribution in [-0.2, 0) is 0 Å². The molecule has 0 bridgehead atoms. The highest BCUT2D eigenvalue weighted by atomic mass is 35.5. The van der Waals surface area contributed by atoms with Crippen LogP contribution in [0.3, 0.4) is 0 Å². The number of hydrogen-bond donors (Lipinski definition) is 3. The Morgan fingerprint density at radius 3 is 2.68 bits per heavy atom. The van der Waals surface area contributed by atoms with Crippen molar-refractivity contribution in [3.8, 4) is 17.9 Å². The van der Waals surface area contributed by atoms with Gasteiger partial charge in [-0.15, -0.1) is 0 Å². The van der Waals surface area contributed by atoms with Gasteiger partial charge in [0.25, 0.3) is 0 Å². The predicted molar refractivity (Wildman–Crippen MR) is 71.3 cm³/mol. The molecule has 0 aliphatic rings. The molecule has 1 aromatic rings. The van der Waals surface area contributed by atoms with E-state index in [1.807, 2.05) is 6.07 Å². The van der Waals surface area contributed by atoms with Crippen molar-refractivity contribution in [2.45, 2.75) is 0 Å². The van der Waals surface area contributed by atoms with Gasteiger partial charge in [-0.05, 0) is 6.07 Å². The van der Waals surface area contributed by atoms with E-state index in [0.717, 1.165) is 0 Å². The van der Waals surface area contributed by atoms with E-state index in [2.05, 4.69) is 10.5 Å². The van der Waals surface area contributed by atoms with Gasteiger partial charge in [0, 0.05) is 6.07 Å². The van der Waals surface area contributed by atoms with Crippen LogP contribution in [-0.4, -0.2) is 18.7 Å². The summed E-state index contributed by atoms with van der Waals surface area (Å²) in [6.07, 6.45) is 0. The molecule has 0 heterocycles. The van der Waals surface area contributed by atoms with E-state index in [9.17, 15) is 0 Å². The summed E-state index contributed by atoms with van der Waals surface area (Å²) in [5.74, 6) is -0.130. The third-order valence-electron chi connectivity index (χ3n) is 2.06. The number of hydrazone groups is 1. The van der Waals surface area contributed by atoms with Crippen molar-refractivity contribution in [2.75, 3.05) is 12.5 Å². The number of ether oxygens (including phenoxy) is 1. The molecule has 0 aliphatic carbocycles. The lowest BCUT2D eigenvalue weighted by molar-refractivity contribution is 0.415. The Bertz CT molecular complexity index is 625. The number of benzene rings is 1. The summed E-state index contributed by atoms with van der Waals surface area (Å²) >= 11 is 5.87. The van der Waals surface area contributed by atoms with Crippen molar-refractivity contribution in [3.63, 3.8) is 0 Å². The van der Waals surface area contributed by atoms with Gasteiger partial charge in [0.05, 0.1) is 23.4 Å². The van der Waals surface area contributed by atoms with Crippen LogP contribution in [0.25, 0.3) is 0 Å². The zero-order chi connectivity index (χ0) is 14.4. The number of rotatable bonds is 4. The van der Waals surface area contributed by atoms with Crippen molar-refractivity contribution < 1.29 is 4.74 Å². The first-order valence-corrected chi connectivity index (χ1v) is 5.27. The number of amidine groups is 1. The monoisotopic (exact) mass is 276 g/mol. The molecule has 8 heteroatoms. The van der Waals surface area contributed by atoms with Gasteiger partial charge < -0.3 is 10.5 Å². The molecule has 1 rings (SSSR count). The molecule has 0 amide bonds. The van der Waals surface area contributed by atoms with Crippen molar-refractivity contribution in [3.05, 3.63) is 22.7 Å². The smallest absolute Gasteiger partial charge is 0.201 e. The largest absolute Gasteiger partial charge is 0.495 e. The summed E-state index contributed by atoms with van der Waals surface area (Å²) in [4.78, 5) is 0. The van der Waals surface area contributed by atoms with Crippen molar-refractivity contribution in [2.24, 2.45) is 10.8 Å². The molecule has 1 aromatic carbocycles. The van der Waals surface area contributed by atoms with Crippen LogP contribution >= 0.6 is 11.6 Å². The Kier molecular flexibility index (Phi) is 4.69. The summed E-state index contributed by atoms with van der Waals surface area (Å²) in [5.41, 5.74) is 7.84. The number of anilines is 1. The average Bonchev–Trinajstić information content (AvgIpc) is 2.39. The fourth-order valence-corrected chi connectivity index (χ4v) is 1.40. The molecular formula is C11H9ClN6O. The Morgan fingerprint density at radius 1 is 1.53 bits per heavy atom. The molecule has 0 radical (unpaired) electrons. The van der Waals surface area contributed by atoms with Gasteiger partial charge in [0.1, 0.15) is 17.9 Å². The van der Waals surface area contributed by atoms with E-state index in [4.69, 9.17) is 38.0 Å². The van der Waals surface area contributed by atoms with Gasteiger partial charge in [-0.3, -0.25) is 10.8 Å². The molecule has 0 unspecified atom stereocenters. The van der Waals surface area contributed by atoms with Crippen LogP contribution in [0.2, 0.25) is 5.02 Å². The number of hydrogen-bond acceptors (Lipinski definition) is 6. The SMILES string of the molecule is COc1cc(N/N=C(\C#N)C(=N)N)c(C#N)cc1Cl. The lowest BCUT2D eigenvalue weighted by Gasteiger charge is -2.08. The molecule has 19 heavy (non-hydrogen) atoms. The van der Waals surface area contributed by atoms with Crippen molar-refractivity contribution >= 4 is 28.8 Å². The lowest BCUT2D eigenvalue weighted by Crippen LogP contribution is -2.22. The van der Waals surface area contributed by atoms with E-state index < -0.39 is 5.84 Å². The van der Waals surface area contributed by atoms with E-state index in [0.29, 0.717) is 5.75 Å². The highest BCUT2D eigenvalue weighted by molar-refractivity contribution is 6.45. The molecule has 4 N–H and O–H groups in total. The second kappa shape index (κ2) is 6.24. The highest BCUT2D eigenvalue weighted by Gasteiger charge is 2.09. The van der Waals surface area contributed by atoms with Gasteiger partial charge in [0.15, 0.2) is 5.84 Å². The first kappa shape index (κ1) is 14.3. The van der Waals surface area contributed by atoms with E-state index in [1.165, 1.54) is 19.2 Å². The molecular weight excluding hydrogens is 268 g/mol. The quantitative estimate of drug-likeness (QED) is 0.435. The normalized spacial score (nSPS) is 10.2. The number of nitriles is 2. The number of methoxy groups -OCH3 is 1. The van der Waals surface area contributed by atoms with E-state index in [1.54, 1.807) is 6.07 Å². The first-order chi connectivity index (χ1) is 9.03. The predicted octanol–water partition coefficient (Wildman–Crippen LogP) is 1.45. The topological polar surface area (TPSA) is 131 Å². The molecule has 0 saturated heterocycles. The number of nitrogens with one attached hydrogen (secondary N) is 2. The van der Waals surface area contributed by atoms with E-state index >= 15 is 0 Å². The Balaban J connectivity index is 3.18. The third kappa shape index (κ3) is 3.35.